The Morgan fingerprint density at radius 1 is 1.15 bits per heavy atom. The molecule has 106 valence electrons. The topological polar surface area (TPSA) is 49.7 Å². The van der Waals surface area contributed by atoms with Crippen molar-refractivity contribution in [3.8, 4) is 0 Å². The molecule has 0 radical (unpaired) electrons. The van der Waals surface area contributed by atoms with Gasteiger partial charge in [0, 0.05) is 23.7 Å². The summed E-state index contributed by atoms with van der Waals surface area (Å²) >= 11 is 5.86. The lowest BCUT2D eigenvalue weighted by Crippen LogP contribution is -2.27. The molecule has 0 aromatic heterocycles. The van der Waals surface area contributed by atoms with Crippen molar-refractivity contribution in [1.29, 1.82) is 0 Å². The summed E-state index contributed by atoms with van der Waals surface area (Å²) < 4.78 is 28.6. The van der Waals surface area contributed by atoms with Gasteiger partial charge in [0.25, 0.3) is 10.0 Å². The summed E-state index contributed by atoms with van der Waals surface area (Å²) in [6.07, 6.45) is 2.17. The van der Waals surface area contributed by atoms with Gasteiger partial charge in [0.2, 0.25) is 0 Å². The molecule has 4 nitrogen and oxygen atoms in total. The molecule has 3 rings (SSSR count). The summed E-state index contributed by atoms with van der Waals surface area (Å²) in [5, 5.41) is 0.586. The highest BCUT2D eigenvalue weighted by molar-refractivity contribution is 8.00. The smallest absolute Gasteiger partial charge is 0.285 e. The normalized spacial score (nSPS) is 21.5. The summed E-state index contributed by atoms with van der Waals surface area (Å²) in [6, 6.07) is 6.84. The van der Waals surface area contributed by atoms with Crippen LogP contribution in [0.25, 0.3) is 4.91 Å². The van der Waals surface area contributed by atoms with Crippen molar-refractivity contribution in [3.05, 3.63) is 40.4 Å². The van der Waals surface area contributed by atoms with Gasteiger partial charge >= 0.3 is 0 Å². The molecule has 2 heterocycles. The molecule has 1 aromatic carbocycles. The quantitative estimate of drug-likeness (QED) is 0.801. The second-order valence-corrected chi connectivity index (χ2v) is 7.02. The average molecular weight is 311 g/mol. The lowest BCUT2D eigenvalue weighted by Gasteiger charge is -2.17. The lowest BCUT2D eigenvalue weighted by molar-refractivity contribution is 0.520. The molecular formula is C14H15ClN2O2S. The Labute approximate surface area is 123 Å². The summed E-state index contributed by atoms with van der Waals surface area (Å²) in [6.45, 7) is 3.57. The average Bonchev–Trinajstić information content (AvgIpc) is 2.98. The zero-order chi connectivity index (χ0) is 14.3. The summed E-state index contributed by atoms with van der Waals surface area (Å²) in [7, 11) is -3.61. The van der Waals surface area contributed by atoms with Gasteiger partial charge in [-0.1, -0.05) is 23.7 Å². The summed E-state index contributed by atoms with van der Waals surface area (Å²) in [5.41, 5.74) is 1.37. The highest BCUT2D eigenvalue weighted by Crippen LogP contribution is 2.34. The van der Waals surface area contributed by atoms with Crippen LogP contribution in [0.1, 0.15) is 25.3 Å². The van der Waals surface area contributed by atoms with E-state index in [9.17, 15) is 8.42 Å². The summed E-state index contributed by atoms with van der Waals surface area (Å²) in [4.78, 5) is 2.35. The zero-order valence-corrected chi connectivity index (χ0v) is 12.7. The van der Waals surface area contributed by atoms with E-state index >= 15 is 0 Å². The minimum atomic E-state index is -3.61. The van der Waals surface area contributed by atoms with Crippen molar-refractivity contribution in [3.63, 3.8) is 0 Å². The van der Waals surface area contributed by atoms with Gasteiger partial charge in [-0.15, -0.1) is 4.40 Å². The van der Waals surface area contributed by atoms with E-state index < -0.39 is 10.0 Å². The van der Waals surface area contributed by atoms with Crippen LogP contribution in [-0.4, -0.2) is 32.2 Å². The third-order valence-electron chi connectivity index (χ3n) is 3.65. The van der Waals surface area contributed by atoms with E-state index in [1.807, 2.05) is 6.92 Å². The second-order valence-electron chi connectivity index (χ2n) is 5.05. The molecule has 1 fully saturated rings. The van der Waals surface area contributed by atoms with E-state index in [1.165, 1.54) is 0 Å². The van der Waals surface area contributed by atoms with Crippen molar-refractivity contribution in [2.75, 3.05) is 13.1 Å². The largest absolute Gasteiger partial charge is 0.356 e. The number of likely N-dealkylation sites (tertiary alicyclic amines) is 1. The number of amidine groups is 1. The van der Waals surface area contributed by atoms with Crippen LogP contribution in [0.3, 0.4) is 0 Å². The first-order chi connectivity index (χ1) is 9.49. The zero-order valence-electron chi connectivity index (χ0n) is 11.1. The Morgan fingerprint density at radius 3 is 2.35 bits per heavy atom. The first-order valence-corrected chi connectivity index (χ1v) is 8.38. The second kappa shape index (κ2) is 4.90. The van der Waals surface area contributed by atoms with E-state index in [4.69, 9.17) is 11.6 Å². The Bertz CT molecular complexity index is 699. The molecule has 6 heteroatoms. The third kappa shape index (κ3) is 2.25. The fourth-order valence-electron chi connectivity index (χ4n) is 2.71. The van der Waals surface area contributed by atoms with Crippen molar-refractivity contribution >= 4 is 32.4 Å². The van der Waals surface area contributed by atoms with Crippen LogP contribution < -0.4 is 0 Å². The Morgan fingerprint density at radius 2 is 1.75 bits per heavy atom. The number of sulfonamides is 1. The Balaban J connectivity index is 2.08. The SMILES string of the molecule is CC1=C(c2ccc(Cl)cc2)S(=O)(=O)N=C1N1CCCC1. The Hall–Kier alpha value is -1.33. The van der Waals surface area contributed by atoms with Crippen LogP contribution in [0.15, 0.2) is 34.2 Å². The molecule has 1 aromatic rings. The predicted molar refractivity (Wildman–Crippen MR) is 81.2 cm³/mol. The van der Waals surface area contributed by atoms with E-state index in [2.05, 4.69) is 9.30 Å². The molecule has 0 spiro atoms. The molecule has 0 N–H and O–H groups in total. The van der Waals surface area contributed by atoms with Crippen LogP contribution in [-0.2, 0) is 10.0 Å². The van der Waals surface area contributed by atoms with Gasteiger partial charge in [-0.2, -0.15) is 8.42 Å². The molecular weight excluding hydrogens is 296 g/mol. The summed E-state index contributed by atoms with van der Waals surface area (Å²) in [5.74, 6) is 0.604. The molecule has 0 atom stereocenters. The predicted octanol–water partition coefficient (Wildman–Crippen LogP) is 2.91. The molecule has 0 aliphatic carbocycles. The van der Waals surface area contributed by atoms with Gasteiger partial charge in [-0.05, 0) is 37.5 Å². The van der Waals surface area contributed by atoms with Gasteiger partial charge in [-0.25, -0.2) is 0 Å². The number of halogens is 1. The van der Waals surface area contributed by atoms with Crippen LogP contribution in [0, 0.1) is 0 Å². The molecule has 2 aliphatic heterocycles. The van der Waals surface area contributed by atoms with Crippen molar-refractivity contribution in [2.24, 2.45) is 4.40 Å². The number of nitrogens with zero attached hydrogens (tertiary/aromatic N) is 2. The molecule has 20 heavy (non-hydrogen) atoms. The number of rotatable bonds is 1. The van der Waals surface area contributed by atoms with Gasteiger partial charge in [0.15, 0.2) is 0 Å². The van der Waals surface area contributed by atoms with E-state index in [-0.39, 0.29) is 0 Å². The van der Waals surface area contributed by atoms with Gasteiger partial charge in [-0.3, -0.25) is 0 Å². The fraction of sp³-hybridized carbons (Fsp3) is 0.357. The molecule has 2 aliphatic rings. The lowest BCUT2D eigenvalue weighted by atomic mass is 10.1. The minimum absolute atomic E-state index is 0.302. The van der Waals surface area contributed by atoms with Gasteiger partial charge < -0.3 is 4.90 Å². The van der Waals surface area contributed by atoms with E-state index in [0.717, 1.165) is 31.5 Å². The van der Waals surface area contributed by atoms with Crippen molar-refractivity contribution in [1.82, 2.24) is 4.90 Å². The standard InChI is InChI=1S/C14H15ClN2O2S/c1-10-13(11-4-6-12(15)7-5-11)20(18,19)16-14(10)17-8-2-3-9-17/h4-7H,2-3,8-9H2,1H3. The minimum Gasteiger partial charge on any atom is -0.356 e. The third-order valence-corrected chi connectivity index (χ3v) is 5.38. The first kappa shape index (κ1) is 13.6. The van der Waals surface area contributed by atoms with Crippen molar-refractivity contribution < 1.29 is 8.42 Å². The number of benzene rings is 1. The highest BCUT2D eigenvalue weighted by Gasteiger charge is 2.34. The van der Waals surface area contributed by atoms with E-state index in [0.29, 0.717) is 21.3 Å². The molecule has 1 saturated heterocycles. The monoisotopic (exact) mass is 310 g/mol. The fourth-order valence-corrected chi connectivity index (χ4v) is 4.32. The van der Waals surface area contributed by atoms with E-state index in [1.54, 1.807) is 24.3 Å². The van der Waals surface area contributed by atoms with Crippen LogP contribution in [0.4, 0.5) is 0 Å². The molecule has 0 amide bonds. The maximum Gasteiger partial charge on any atom is 0.285 e. The van der Waals surface area contributed by atoms with Gasteiger partial charge in [0.1, 0.15) is 10.7 Å². The molecule has 0 unspecified atom stereocenters. The highest BCUT2D eigenvalue weighted by atomic mass is 35.5. The maximum atomic E-state index is 12.3. The number of hydrogen-bond acceptors (Lipinski definition) is 3. The molecule has 0 bridgehead atoms. The molecule has 0 saturated carbocycles. The number of hydrogen-bond donors (Lipinski definition) is 0. The first-order valence-electron chi connectivity index (χ1n) is 6.56. The van der Waals surface area contributed by atoms with Gasteiger partial charge in [0.05, 0.1) is 0 Å². The van der Waals surface area contributed by atoms with Crippen LogP contribution in [0.5, 0.6) is 0 Å². The Kier molecular flexibility index (Phi) is 3.34. The van der Waals surface area contributed by atoms with Crippen LogP contribution >= 0.6 is 11.6 Å². The van der Waals surface area contributed by atoms with Crippen molar-refractivity contribution in [2.45, 2.75) is 19.8 Å². The van der Waals surface area contributed by atoms with Crippen LogP contribution in [0.2, 0.25) is 5.02 Å². The maximum absolute atomic E-state index is 12.3.